The Bertz CT molecular complexity index is 510. The first-order chi connectivity index (χ1) is 9.30. The standard InChI is InChI=1S/C15H20BFO3/c1-14(2)15(3,4)20-16(19-14)11-6-5-7-12(13(11)17)18-10-8-9-10/h5-7,10H,8-9H2,1-4H3. The van der Waals surface area contributed by atoms with Gasteiger partial charge in [0, 0.05) is 5.46 Å². The first kappa shape index (κ1) is 13.9. The Labute approximate surface area is 119 Å². The second kappa shape index (κ2) is 4.47. The number of rotatable bonds is 3. The summed E-state index contributed by atoms with van der Waals surface area (Å²) in [7, 11) is -0.692. The molecule has 5 heteroatoms. The van der Waals surface area contributed by atoms with Crippen molar-refractivity contribution in [3.63, 3.8) is 0 Å². The molecule has 1 saturated heterocycles. The summed E-state index contributed by atoms with van der Waals surface area (Å²) in [4.78, 5) is 0. The fourth-order valence-electron chi connectivity index (χ4n) is 2.14. The molecule has 1 saturated carbocycles. The van der Waals surface area contributed by atoms with Crippen LogP contribution < -0.4 is 10.2 Å². The summed E-state index contributed by atoms with van der Waals surface area (Å²) < 4.78 is 31.9. The highest BCUT2D eigenvalue weighted by atomic mass is 19.1. The van der Waals surface area contributed by atoms with Crippen molar-refractivity contribution in [3.8, 4) is 5.75 Å². The number of hydrogen-bond acceptors (Lipinski definition) is 3. The van der Waals surface area contributed by atoms with Crippen molar-refractivity contribution in [3.05, 3.63) is 24.0 Å². The lowest BCUT2D eigenvalue weighted by Gasteiger charge is -2.32. The molecule has 108 valence electrons. The molecule has 0 N–H and O–H groups in total. The molecule has 2 aliphatic rings. The van der Waals surface area contributed by atoms with Crippen LogP contribution in [0, 0.1) is 5.82 Å². The van der Waals surface area contributed by atoms with Crippen molar-refractivity contribution < 1.29 is 18.4 Å². The number of hydrogen-bond donors (Lipinski definition) is 0. The summed E-state index contributed by atoms with van der Waals surface area (Å²) in [5.74, 6) is -0.0855. The molecule has 1 aliphatic carbocycles. The van der Waals surface area contributed by atoms with Gasteiger partial charge in [0.1, 0.15) is 0 Å². The van der Waals surface area contributed by atoms with Crippen molar-refractivity contribution in [2.45, 2.75) is 57.8 Å². The van der Waals surface area contributed by atoms with Crippen LogP contribution in [0.1, 0.15) is 40.5 Å². The van der Waals surface area contributed by atoms with E-state index in [1.54, 1.807) is 18.2 Å². The largest absolute Gasteiger partial charge is 0.497 e. The Hall–Kier alpha value is -1.07. The Morgan fingerprint density at radius 1 is 1.15 bits per heavy atom. The second-order valence-electron chi connectivity index (χ2n) is 6.56. The first-order valence-electron chi connectivity index (χ1n) is 7.11. The molecule has 1 aliphatic heterocycles. The van der Waals surface area contributed by atoms with Crippen molar-refractivity contribution >= 4 is 12.6 Å². The van der Waals surface area contributed by atoms with Gasteiger partial charge in [-0.3, -0.25) is 0 Å². The van der Waals surface area contributed by atoms with Crippen LogP contribution in [0.5, 0.6) is 5.75 Å². The quantitative estimate of drug-likeness (QED) is 0.795. The summed E-state index contributed by atoms with van der Waals surface area (Å²) in [5, 5.41) is 0. The highest BCUT2D eigenvalue weighted by Crippen LogP contribution is 2.37. The van der Waals surface area contributed by atoms with Crippen LogP contribution in [-0.4, -0.2) is 24.4 Å². The minimum absolute atomic E-state index is 0.165. The number of halogens is 1. The fraction of sp³-hybridized carbons (Fsp3) is 0.600. The molecule has 3 nitrogen and oxygen atoms in total. The van der Waals surface area contributed by atoms with Gasteiger partial charge in [-0.25, -0.2) is 4.39 Å². The van der Waals surface area contributed by atoms with E-state index in [1.165, 1.54) is 0 Å². The molecule has 2 fully saturated rings. The van der Waals surface area contributed by atoms with Crippen molar-refractivity contribution in [1.29, 1.82) is 0 Å². The van der Waals surface area contributed by atoms with Gasteiger partial charge in [-0.05, 0) is 46.6 Å². The van der Waals surface area contributed by atoms with Crippen LogP contribution in [0.4, 0.5) is 4.39 Å². The zero-order valence-electron chi connectivity index (χ0n) is 12.4. The predicted octanol–water partition coefficient (Wildman–Crippen LogP) is 2.67. The maximum absolute atomic E-state index is 14.5. The summed E-state index contributed by atoms with van der Waals surface area (Å²) in [5.41, 5.74) is -0.545. The van der Waals surface area contributed by atoms with Gasteiger partial charge in [-0.15, -0.1) is 0 Å². The summed E-state index contributed by atoms with van der Waals surface area (Å²) in [6, 6.07) is 5.13. The van der Waals surface area contributed by atoms with Gasteiger partial charge in [0.25, 0.3) is 0 Å². The van der Waals surface area contributed by atoms with E-state index >= 15 is 0 Å². The smallest absolute Gasteiger partial charge is 0.487 e. The average Bonchev–Trinajstić information content (AvgIpc) is 3.10. The van der Waals surface area contributed by atoms with Gasteiger partial charge in [0.05, 0.1) is 17.3 Å². The van der Waals surface area contributed by atoms with E-state index in [1.807, 2.05) is 27.7 Å². The first-order valence-corrected chi connectivity index (χ1v) is 7.11. The monoisotopic (exact) mass is 278 g/mol. The molecular formula is C15H20BFO3. The fourth-order valence-corrected chi connectivity index (χ4v) is 2.14. The highest BCUT2D eigenvalue weighted by molar-refractivity contribution is 6.62. The van der Waals surface area contributed by atoms with E-state index in [-0.39, 0.29) is 11.9 Å². The molecule has 1 heterocycles. The minimum Gasteiger partial charge on any atom is -0.487 e. The minimum atomic E-state index is -0.692. The van der Waals surface area contributed by atoms with Gasteiger partial charge in [0.15, 0.2) is 11.6 Å². The molecule has 0 bridgehead atoms. The Morgan fingerprint density at radius 2 is 1.75 bits per heavy atom. The van der Waals surface area contributed by atoms with Gasteiger partial charge >= 0.3 is 7.12 Å². The van der Waals surface area contributed by atoms with Crippen LogP contribution >= 0.6 is 0 Å². The van der Waals surface area contributed by atoms with Crippen LogP contribution in [0.25, 0.3) is 0 Å². The Kier molecular flexibility index (Phi) is 3.10. The second-order valence-corrected chi connectivity index (χ2v) is 6.56. The van der Waals surface area contributed by atoms with Crippen LogP contribution in [0.15, 0.2) is 18.2 Å². The van der Waals surface area contributed by atoms with Crippen LogP contribution in [0.3, 0.4) is 0 Å². The summed E-state index contributed by atoms with van der Waals surface area (Å²) in [6.45, 7) is 7.82. The molecule has 0 unspecified atom stereocenters. The lowest BCUT2D eigenvalue weighted by molar-refractivity contribution is 0.00578. The number of benzene rings is 1. The highest BCUT2D eigenvalue weighted by Gasteiger charge is 2.52. The third-order valence-corrected chi connectivity index (χ3v) is 4.32. The molecule has 0 amide bonds. The lowest BCUT2D eigenvalue weighted by atomic mass is 9.78. The van der Waals surface area contributed by atoms with Crippen LogP contribution in [0.2, 0.25) is 0 Å². The molecule has 0 aromatic heterocycles. The maximum atomic E-state index is 14.5. The molecule has 1 aromatic carbocycles. The topological polar surface area (TPSA) is 27.7 Å². The van der Waals surface area contributed by atoms with Crippen molar-refractivity contribution in [2.24, 2.45) is 0 Å². The van der Waals surface area contributed by atoms with Crippen molar-refractivity contribution in [2.75, 3.05) is 0 Å². The lowest BCUT2D eigenvalue weighted by Crippen LogP contribution is -2.41. The van der Waals surface area contributed by atoms with Crippen molar-refractivity contribution in [1.82, 2.24) is 0 Å². The number of ether oxygens (including phenoxy) is 1. The van der Waals surface area contributed by atoms with Crippen LogP contribution in [-0.2, 0) is 9.31 Å². The molecule has 20 heavy (non-hydrogen) atoms. The molecule has 3 rings (SSSR count). The molecule has 0 radical (unpaired) electrons. The third-order valence-electron chi connectivity index (χ3n) is 4.32. The van der Waals surface area contributed by atoms with E-state index in [4.69, 9.17) is 14.0 Å². The molecular weight excluding hydrogens is 258 g/mol. The van der Waals surface area contributed by atoms with Gasteiger partial charge in [-0.1, -0.05) is 12.1 Å². The normalized spacial score (nSPS) is 23.9. The zero-order chi connectivity index (χ0) is 14.5. The Morgan fingerprint density at radius 3 is 2.30 bits per heavy atom. The van der Waals surface area contributed by atoms with E-state index in [0.29, 0.717) is 11.2 Å². The van der Waals surface area contributed by atoms with Gasteiger partial charge in [-0.2, -0.15) is 0 Å². The predicted molar refractivity (Wildman–Crippen MR) is 75.8 cm³/mol. The average molecular weight is 278 g/mol. The summed E-state index contributed by atoms with van der Waals surface area (Å²) in [6.07, 6.45) is 2.17. The van der Waals surface area contributed by atoms with Gasteiger partial charge < -0.3 is 14.0 Å². The zero-order valence-corrected chi connectivity index (χ0v) is 12.4. The molecule has 0 spiro atoms. The van der Waals surface area contributed by atoms with E-state index in [2.05, 4.69) is 0 Å². The van der Waals surface area contributed by atoms with E-state index < -0.39 is 18.3 Å². The molecule has 0 atom stereocenters. The van der Waals surface area contributed by atoms with Gasteiger partial charge in [0.2, 0.25) is 0 Å². The SMILES string of the molecule is CC1(C)OB(c2cccc(OC3CC3)c2F)OC1(C)C. The Balaban J connectivity index is 1.87. The van der Waals surface area contributed by atoms with E-state index in [0.717, 1.165) is 12.8 Å². The summed E-state index contributed by atoms with van der Waals surface area (Å²) >= 11 is 0. The third kappa shape index (κ3) is 2.33. The maximum Gasteiger partial charge on any atom is 0.497 e. The van der Waals surface area contributed by atoms with E-state index in [9.17, 15) is 4.39 Å². The molecule has 1 aromatic rings.